The van der Waals surface area contributed by atoms with E-state index in [1.54, 1.807) is 0 Å². The third kappa shape index (κ3) is 1.93. The molecule has 0 radical (unpaired) electrons. The summed E-state index contributed by atoms with van der Waals surface area (Å²) in [5.74, 6) is 7.13. The number of hydrogen-bond acceptors (Lipinski definition) is 3. The summed E-state index contributed by atoms with van der Waals surface area (Å²) < 4.78 is 1.43. The van der Waals surface area contributed by atoms with Gasteiger partial charge >= 0.3 is 0 Å². The van der Waals surface area contributed by atoms with Crippen LogP contribution in [0.25, 0.3) is 22.6 Å². The van der Waals surface area contributed by atoms with Gasteiger partial charge in [0.05, 0.1) is 0 Å². The zero-order valence-electron chi connectivity index (χ0n) is 10.3. The van der Waals surface area contributed by atoms with Crippen LogP contribution in [0.15, 0.2) is 60.7 Å². The van der Waals surface area contributed by atoms with Crippen molar-refractivity contribution < 1.29 is 0 Å². The molecule has 0 saturated heterocycles. The molecule has 4 N–H and O–H groups in total. The van der Waals surface area contributed by atoms with Gasteiger partial charge in [-0.05, 0) is 0 Å². The zero-order chi connectivity index (χ0) is 13.2. The fourth-order valence-electron chi connectivity index (χ4n) is 2.04. The molecule has 0 aliphatic rings. The van der Waals surface area contributed by atoms with Gasteiger partial charge in [-0.2, -0.15) is 0 Å². The Hall–Kier alpha value is -2.75. The van der Waals surface area contributed by atoms with E-state index < -0.39 is 0 Å². The molecule has 2 aromatic carbocycles. The molecular formula is C15H14N4. The SMILES string of the molecule is Nc1c(-c2ccccc2)nc(-c2ccccc2)n1N. The molecule has 0 spiro atoms. The second-order valence-electron chi connectivity index (χ2n) is 4.27. The van der Waals surface area contributed by atoms with E-state index in [1.807, 2.05) is 60.7 Å². The Morgan fingerprint density at radius 3 is 1.89 bits per heavy atom. The molecule has 1 aromatic heterocycles. The van der Waals surface area contributed by atoms with Gasteiger partial charge < -0.3 is 11.6 Å². The largest absolute Gasteiger partial charge is 0.382 e. The summed E-state index contributed by atoms with van der Waals surface area (Å²) in [5.41, 5.74) is 8.66. The lowest BCUT2D eigenvalue weighted by Crippen LogP contribution is -2.13. The van der Waals surface area contributed by atoms with Crippen molar-refractivity contribution in [3.8, 4) is 22.6 Å². The van der Waals surface area contributed by atoms with Gasteiger partial charge in [0, 0.05) is 11.1 Å². The maximum absolute atomic E-state index is 6.05. The summed E-state index contributed by atoms with van der Waals surface area (Å²) in [7, 11) is 0. The predicted molar refractivity (Wildman–Crippen MR) is 77.7 cm³/mol. The van der Waals surface area contributed by atoms with Crippen LogP contribution in [0.3, 0.4) is 0 Å². The van der Waals surface area contributed by atoms with E-state index in [9.17, 15) is 0 Å². The number of benzene rings is 2. The van der Waals surface area contributed by atoms with E-state index >= 15 is 0 Å². The molecule has 0 fully saturated rings. The highest BCUT2D eigenvalue weighted by Crippen LogP contribution is 2.28. The minimum absolute atomic E-state index is 0.463. The molecule has 4 heteroatoms. The lowest BCUT2D eigenvalue weighted by atomic mass is 10.1. The summed E-state index contributed by atoms with van der Waals surface area (Å²) in [6.45, 7) is 0. The van der Waals surface area contributed by atoms with Crippen LogP contribution in [0, 0.1) is 0 Å². The average Bonchev–Trinajstić information content (AvgIpc) is 2.77. The molecule has 1 heterocycles. The highest BCUT2D eigenvalue weighted by atomic mass is 15.4. The van der Waals surface area contributed by atoms with Crippen LogP contribution in [0.5, 0.6) is 0 Å². The van der Waals surface area contributed by atoms with Crippen LogP contribution < -0.4 is 11.6 Å². The van der Waals surface area contributed by atoms with Crippen molar-refractivity contribution in [3.05, 3.63) is 60.7 Å². The van der Waals surface area contributed by atoms with Crippen molar-refractivity contribution in [2.45, 2.75) is 0 Å². The molecule has 3 rings (SSSR count). The third-order valence-corrected chi connectivity index (χ3v) is 3.03. The number of imidazole rings is 1. The van der Waals surface area contributed by atoms with Crippen LogP contribution in [-0.2, 0) is 0 Å². The molecule has 3 aromatic rings. The van der Waals surface area contributed by atoms with E-state index in [1.165, 1.54) is 4.68 Å². The molecule has 0 aliphatic heterocycles. The van der Waals surface area contributed by atoms with E-state index in [4.69, 9.17) is 11.6 Å². The van der Waals surface area contributed by atoms with Gasteiger partial charge in [-0.25, -0.2) is 9.66 Å². The maximum atomic E-state index is 6.05. The van der Waals surface area contributed by atoms with Gasteiger partial charge in [0.2, 0.25) is 0 Å². The summed E-state index contributed by atoms with van der Waals surface area (Å²) in [5, 5.41) is 0. The predicted octanol–water partition coefficient (Wildman–Crippen LogP) is 2.51. The number of aromatic nitrogens is 2. The number of nitrogens with two attached hydrogens (primary N) is 2. The number of rotatable bonds is 2. The maximum Gasteiger partial charge on any atom is 0.160 e. The van der Waals surface area contributed by atoms with Crippen molar-refractivity contribution in [1.29, 1.82) is 0 Å². The van der Waals surface area contributed by atoms with Gasteiger partial charge in [0.1, 0.15) is 5.69 Å². The third-order valence-electron chi connectivity index (χ3n) is 3.03. The van der Waals surface area contributed by atoms with Crippen molar-refractivity contribution in [2.24, 2.45) is 0 Å². The summed E-state index contributed by atoms with van der Waals surface area (Å²) in [4.78, 5) is 4.56. The van der Waals surface area contributed by atoms with E-state index in [0.717, 1.165) is 11.1 Å². The van der Waals surface area contributed by atoms with Gasteiger partial charge in [-0.1, -0.05) is 60.7 Å². The van der Waals surface area contributed by atoms with Crippen molar-refractivity contribution >= 4 is 5.82 Å². The van der Waals surface area contributed by atoms with Crippen LogP contribution in [0.4, 0.5) is 5.82 Å². The first-order valence-corrected chi connectivity index (χ1v) is 6.01. The van der Waals surface area contributed by atoms with Gasteiger partial charge in [0.25, 0.3) is 0 Å². The fraction of sp³-hybridized carbons (Fsp3) is 0. The first kappa shape index (κ1) is 11.3. The quantitative estimate of drug-likeness (QED) is 0.686. The average molecular weight is 250 g/mol. The minimum Gasteiger partial charge on any atom is -0.382 e. The Labute approximate surface area is 111 Å². The Balaban J connectivity index is 2.16. The summed E-state index contributed by atoms with van der Waals surface area (Å²) in [6, 6.07) is 19.6. The first-order chi connectivity index (χ1) is 9.27. The molecule has 0 atom stereocenters. The summed E-state index contributed by atoms with van der Waals surface area (Å²) in [6.07, 6.45) is 0. The van der Waals surface area contributed by atoms with Crippen LogP contribution in [0.1, 0.15) is 0 Å². The minimum atomic E-state index is 0.463. The number of nitrogen functional groups attached to an aromatic ring is 2. The molecule has 0 bridgehead atoms. The van der Waals surface area contributed by atoms with E-state index in [0.29, 0.717) is 17.3 Å². The molecule has 0 amide bonds. The van der Waals surface area contributed by atoms with Gasteiger partial charge in [-0.3, -0.25) is 0 Å². The van der Waals surface area contributed by atoms with E-state index in [2.05, 4.69) is 4.98 Å². The zero-order valence-corrected chi connectivity index (χ0v) is 10.3. The molecule has 0 unspecified atom stereocenters. The Kier molecular flexibility index (Phi) is 2.68. The highest BCUT2D eigenvalue weighted by molar-refractivity contribution is 5.75. The standard InChI is InChI=1S/C15H14N4/c16-14-13(11-7-3-1-4-8-11)18-15(19(14)17)12-9-5-2-6-10-12/h1-10H,16-17H2. The molecule has 94 valence electrons. The molecule has 19 heavy (non-hydrogen) atoms. The molecule has 4 nitrogen and oxygen atoms in total. The van der Waals surface area contributed by atoms with Crippen molar-refractivity contribution in [1.82, 2.24) is 9.66 Å². The van der Waals surface area contributed by atoms with Gasteiger partial charge in [-0.15, -0.1) is 0 Å². The van der Waals surface area contributed by atoms with Crippen molar-refractivity contribution in [2.75, 3.05) is 11.6 Å². The Bertz CT molecular complexity index is 627. The number of hydrogen-bond donors (Lipinski definition) is 2. The lowest BCUT2D eigenvalue weighted by molar-refractivity contribution is 1.02. The monoisotopic (exact) mass is 250 g/mol. The molecule has 0 saturated carbocycles. The Morgan fingerprint density at radius 2 is 1.32 bits per heavy atom. The topological polar surface area (TPSA) is 69.9 Å². The van der Waals surface area contributed by atoms with Crippen LogP contribution >= 0.6 is 0 Å². The van der Waals surface area contributed by atoms with E-state index in [-0.39, 0.29) is 0 Å². The summed E-state index contributed by atoms with van der Waals surface area (Å²) >= 11 is 0. The molecule has 0 aliphatic carbocycles. The smallest absolute Gasteiger partial charge is 0.160 e. The van der Waals surface area contributed by atoms with Crippen molar-refractivity contribution in [3.63, 3.8) is 0 Å². The second kappa shape index (κ2) is 4.49. The van der Waals surface area contributed by atoms with Crippen LogP contribution in [0.2, 0.25) is 0 Å². The number of nitrogens with zero attached hydrogens (tertiary/aromatic N) is 2. The fourth-order valence-corrected chi connectivity index (χ4v) is 2.04. The van der Waals surface area contributed by atoms with Crippen LogP contribution in [-0.4, -0.2) is 9.66 Å². The Morgan fingerprint density at radius 1 is 0.789 bits per heavy atom. The second-order valence-corrected chi connectivity index (χ2v) is 4.27. The normalized spacial score (nSPS) is 10.5. The highest BCUT2D eigenvalue weighted by Gasteiger charge is 2.15. The molecular weight excluding hydrogens is 236 g/mol. The lowest BCUT2D eigenvalue weighted by Gasteiger charge is -2.02. The number of anilines is 1. The van der Waals surface area contributed by atoms with Gasteiger partial charge in [0.15, 0.2) is 11.6 Å². The first-order valence-electron chi connectivity index (χ1n) is 6.01.